The Balaban J connectivity index is 1.72. The number of hydrogen-bond donors (Lipinski definition) is 4. The monoisotopic (exact) mass is 364 g/mol. The molecule has 6 unspecified atom stereocenters. The number of aliphatic hydroxyl groups is 4. The molecule has 0 aromatic carbocycles. The fraction of sp³-hybridized carbons (Fsp3) is 0.857. The van der Waals surface area contributed by atoms with Crippen molar-refractivity contribution in [3.63, 3.8) is 0 Å². The van der Waals surface area contributed by atoms with Gasteiger partial charge in [0.05, 0.1) is 12.2 Å². The van der Waals surface area contributed by atoms with E-state index >= 15 is 0 Å². The number of aliphatic hydroxyl groups excluding tert-OH is 3. The zero-order valence-electron chi connectivity index (χ0n) is 15.8. The number of carbonyl (C=O) groups excluding carboxylic acids is 1. The molecule has 0 heterocycles. The average Bonchev–Trinajstić information content (AvgIpc) is 2.86. The number of allylic oxidation sites excluding steroid dienone is 1. The Kier molecular flexibility index (Phi) is 4.20. The number of rotatable bonds is 2. The fourth-order valence-corrected chi connectivity index (χ4v) is 7.43. The van der Waals surface area contributed by atoms with Gasteiger partial charge in [0.2, 0.25) is 0 Å². The highest BCUT2D eigenvalue weighted by Gasteiger charge is 2.68. The van der Waals surface area contributed by atoms with E-state index in [1.807, 2.05) is 13.0 Å². The minimum Gasteiger partial charge on any atom is -0.393 e. The van der Waals surface area contributed by atoms with Gasteiger partial charge in [-0.3, -0.25) is 4.79 Å². The van der Waals surface area contributed by atoms with Crippen LogP contribution < -0.4 is 0 Å². The minimum atomic E-state index is -1.53. The van der Waals surface area contributed by atoms with E-state index in [0.717, 1.165) is 32.1 Å². The molecule has 5 nitrogen and oxygen atoms in total. The molecule has 0 aromatic rings. The van der Waals surface area contributed by atoms with Crippen molar-refractivity contribution in [2.45, 2.75) is 76.6 Å². The van der Waals surface area contributed by atoms with E-state index in [9.17, 15) is 25.2 Å². The van der Waals surface area contributed by atoms with Gasteiger partial charge in [-0.1, -0.05) is 25.5 Å². The van der Waals surface area contributed by atoms with Crippen LogP contribution in [0.5, 0.6) is 0 Å². The summed E-state index contributed by atoms with van der Waals surface area (Å²) in [5.74, 6) is 0.0551. The van der Waals surface area contributed by atoms with Crippen molar-refractivity contribution in [3.8, 4) is 0 Å². The molecule has 3 fully saturated rings. The van der Waals surface area contributed by atoms with E-state index in [4.69, 9.17) is 0 Å². The summed E-state index contributed by atoms with van der Waals surface area (Å²) in [6.07, 6.45) is 6.03. The molecule has 8 atom stereocenters. The lowest BCUT2D eigenvalue weighted by Crippen LogP contribution is -2.62. The van der Waals surface area contributed by atoms with Gasteiger partial charge in [-0.2, -0.15) is 0 Å². The van der Waals surface area contributed by atoms with Crippen molar-refractivity contribution in [2.24, 2.45) is 28.6 Å². The van der Waals surface area contributed by atoms with E-state index < -0.39 is 29.5 Å². The van der Waals surface area contributed by atoms with E-state index in [-0.39, 0.29) is 29.3 Å². The third kappa shape index (κ3) is 2.20. The molecule has 4 aliphatic rings. The van der Waals surface area contributed by atoms with Crippen LogP contribution in [0.25, 0.3) is 0 Å². The molecule has 0 radical (unpaired) electrons. The Morgan fingerprint density at radius 2 is 1.92 bits per heavy atom. The number of hydrogen-bond acceptors (Lipinski definition) is 5. The molecular weight excluding hydrogens is 332 g/mol. The van der Waals surface area contributed by atoms with Crippen LogP contribution >= 0.6 is 0 Å². The van der Waals surface area contributed by atoms with Gasteiger partial charge in [-0.15, -0.1) is 0 Å². The third-order valence-electron chi connectivity index (χ3n) is 8.78. The van der Waals surface area contributed by atoms with Crippen LogP contribution in [0.2, 0.25) is 0 Å². The number of carbonyl (C=O) groups is 1. The summed E-state index contributed by atoms with van der Waals surface area (Å²) in [6.45, 7) is 3.52. The topological polar surface area (TPSA) is 98.0 Å². The van der Waals surface area contributed by atoms with Crippen LogP contribution in [-0.4, -0.2) is 50.6 Å². The smallest absolute Gasteiger partial charge is 0.190 e. The Labute approximate surface area is 155 Å². The van der Waals surface area contributed by atoms with Crippen LogP contribution in [0, 0.1) is 28.6 Å². The van der Waals surface area contributed by atoms with Gasteiger partial charge in [-0.25, -0.2) is 0 Å². The highest BCUT2D eigenvalue weighted by atomic mass is 16.3. The average molecular weight is 364 g/mol. The van der Waals surface area contributed by atoms with E-state index in [0.29, 0.717) is 12.8 Å². The van der Waals surface area contributed by atoms with Crippen molar-refractivity contribution in [1.82, 2.24) is 0 Å². The lowest BCUT2D eigenvalue weighted by molar-refractivity contribution is -0.182. The van der Waals surface area contributed by atoms with Crippen LogP contribution in [-0.2, 0) is 4.79 Å². The van der Waals surface area contributed by atoms with Crippen LogP contribution in [0.4, 0.5) is 0 Å². The zero-order chi connectivity index (χ0) is 18.9. The minimum absolute atomic E-state index is 0.107. The fourth-order valence-electron chi connectivity index (χ4n) is 7.43. The van der Waals surface area contributed by atoms with Crippen molar-refractivity contribution in [2.75, 3.05) is 6.61 Å². The van der Waals surface area contributed by atoms with Gasteiger partial charge in [0.15, 0.2) is 5.78 Å². The van der Waals surface area contributed by atoms with Gasteiger partial charge in [-0.05, 0) is 68.1 Å². The Hall–Kier alpha value is -0.750. The van der Waals surface area contributed by atoms with Crippen LogP contribution in [0.1, 0.15) is 58.8 Å². The molecule has 0 spiro atoms. The maximum Gasteiger partial charge on any atom is 0.190 e. The lowest BCUT2D eigenvalue weighted by Gasteiger charge is -2.60. The predicted octanol–water partition coefficient (Wildman–Crippen LogP) is 1.57. The van der Waals surface area contributed by atoms with Crippen LogP contribution in [0.15, 0.2) is 11.6 Å². The summed E-state index contributed by atoms with van der Waals surface area (Å²) in [7, 11) is 0. The van der Waals surface area contributed by atoms with Crippen molar-refractivity contribution < 1.29 is 25.2 Å². The van der Waals surface area contributed by atoms with Crippen molar-refractivity contribution in [1.29, 1.82) is 0 Å². The zero-order valence-corrected chi connectivity index (χ0v) is 15.8. The molecule has 0 bridgehead atoms. The summed E-state index contributed by atoms with van der Waals surface area (Å²) >= 11 is 0. The second kappa shape index (κ2) is 5.87. The highest BCUT2D eigenvalue weighted by Crippen LogP contribution is 2.67. The van der Waals surface area contributed by atoms with Crippen LogP contribution in [0.3, 0.4) is 0 Å². The van der Waals surface area contributed by atoms with E-state index in [2.05, 4.69) is 6.92 Å². The molecule has 26 heavy (non-hydrogen) atoms. The maximum absolute atomic E-state index is 12.4. The quantitative estimate of drug-likeness (QED) is 0.558. The molecule has 4 N–H and O–H groups in total. The lowest BCUT2D eigenvalue weighted by atomic mass is 9.45. The number of Topliss-reactive ketones (excluding diaryl/α,β-unsaturated/α-hetero) is 1. The predicted molar refractivity (Wildman–Crippen MR) is 96.1 cm³/mol. The largest absolute Gasteiger partial charge is 0.393 e. The van der Waals surface area contributed by atoms with Crippen molar-refractivity contribution >= 4 is 5.78 Å². The highest BCUT2D eigenvalue weighted by molar-refractivity contribution is 5.89. The first-order chi connectivity index (χ1) is 12.2. The molecule has 3 saturated carbocycles. The summed E-state index contributed by atoms with van der Waals surface area (Å²) in [5.41, 5.74) is -1.04. The van der Waals surface area contributed by atoms with E-state index in [1.54, 1.807) is 0 Å². The molecule has 4 aliphatic carbocycles. The van der Waals surface area contributed by atoms with Gasteiger partial charge >= 0.3 is 0 Å². The first-order valence-corrected chi connectivity index (χ1v) is 10.1. The Morgan fingerprint density at radius 1 is 1.19 bits per heavy atom. The summed E-state index contributed by atoms with van der Waals surface area (Å²) in [4.78, 5) is 12.4. The summed E-state index contributed by atoms with van der Waals surface area (Å²) in [5, 5.41) is 41.8. The maximum atomic E-state index is 12.4. The molecule has 146 valence electrons. The van der Waals surface area contributed by atoms with Gasteiger partial charge in [0.25, 0.3) is 0 Å². The van der Waals surface area contributed by atoms with Gasteiger partial charge < -0.3 is 20.4 Å². The van der Waals surface area contributed by atoms with Crippen molar-refractivity contribution in [3.05, 3.63) is 11.6 Å². The summed E-state index contributed by atoms with van der Waals surface area (Å²) < 4.78 is 0. The number of ketones is 1. The SMILES string of the molecule is C[C@]12CCC(O)C=C1CCC1C2C(O)C[C@@]2(C)C1CCC2(O)C(=O)CO. The molecule has 0 aromatic heterocycles. The Morgan fingerprint density at radius 3 is 2.62 bits per heavy atom. The normalized spacial score (nSPS) is 53.3. The number of fused-ring (bicyclic) bond motifs is 5. The van der Waals surface area contributed by atoms with Gasteiger partial charge in [0.1, 0.15) is 12.2 Å². The molecular formula is C21H32O5. The molecule has 5 heteroatoms. The Bertz CT molecular complexity index is 644. The third-order valence-corrected chi connectivity index (χ3v) is 8.78. The second-order valence-corrected chi connectivity index (χ2v) is 9.72. The standard InChI is InChI=1S/C21H32O5/c1-19-7-5-13(23)9-12(19)3-4-14-15-6-8-21(26,17(25)11-22)20(15,2)10-16(24)18(14)19/h9,13-16,18,22-24,26H,3-8,10-11H2,1-2H3/t13?,14?,15?,16?,18?,19-,20-,21?/m0/s1. The first-order valence-electron chi connectivity index (χ1n) is 10.1. The van der Waals surface area contributed by atoms with E-state index in [1.165, 1.54) is 5.57 Å². The molecule has 0 saturated heterocycles. The summed E-state index contributed by atoms with van der Waals surface area (Å²) in [6, 6.07) is 0. The molecule has 0 aliphatic heterocycles. The second-order valence-electron chi connectivity index (χ2n) is 9.72. The van der Waals surface area contributed by atoms with Gasteiger partial charge in [0, 0.05) is 5.41 Å². The molecule has 4 rings (SSSR count). The molecule has 0 amide bonds. The first kappa shape index (κ1) is 18.6.